The first-order valence-corrected chi connectivity index (χ1v) is 6.49. The molecule has 0 aromatic heterocycles. The van der Waals surface area contributed by atoms with Crippen LogP contribution in [0.15, 0.2) is 0 Å². The molecule has 2 nitrogen and oxygen atoms in total. The Hall–Kier alpha value is -0.465. The Bertz CT molecular complexity index is 208. The highest BCUT2D eigenvalue weighted by Gasteiger charge is 2.38. The number of carboxylic acids is 1. The van der Waals surface area contributed by atoms with Crippen LogP contribution in [0.1, 0.15) is 51.4 Å². The third-order valence-electron chi connectivity index (χ3n) is 4.44. The summed E-state index contributed by atoms with van der Waals surface area (Å²) in [5.41, 5.74) is 0. The molecule has 0 spiro atoms. The van der Waals surface area contributed by atoms with Gasteiger partial charge in [0.2, 0.25) is 0 Å². The number of hydrogen-bond acceptors (Lipinski definition) is 1. The zero-order valence-electron chi connectivity index (χ0n) is 9.45. The maximum absolute atomic E-state index is 10.5. The predicted octanol–water partition coefficient (Wildman–Crippen LogP) is 3.45. The second-order valence-electron chi connectivity index (χ2n) is 5.33. The maximum atomic E-state index is 10.5. The van der Waals surface area contributed by atoms with E-state index < -0.39 is 5.97 Å². The lowest BCUT2D eigenvalue weighted by molar-refractivity contribution is -0.137. The highest BCUT2D eigenvalue weighted by molar-refractivity contribution is 6.62. The van der Waals surface area contributed by atoms with E-state index >= 15 is 0 Å². The van der Waals surface area contributed by atoms with E-state index in [1.54, 1.807) is 0 Å². The van der Waals surface area contributed by atoms with Gasteiger partial charge in [-0.05, 0) is 6.42 Å². The van der Waals surface area contributed by atoms with E-state index in [4.69, 9.17) is 5.11 Å². The summed E-state index contributed by atoms with van der Waals surface area (Å²) in [6.45, 7) is 0.867. The molecule has 2 rings (SSSR count). The van der Waals surface area contributed by atoms with Crippen molar-refractivity contribution < 1.29 is 9.90 Å². The van der Waals surface area contributed by atoms with Gasteiger partial charge < -0.3 is 5.11 Å². The standard InChI is InChI=1S/C12H21BO2/c14-12(15)8-3-9-13-10-4-1-5-11(13)7-2-6-10/h10-11H,1-9H2,(H,14,15). The molecule has 2 fully saturated rings. The van der Waals surface area contributed by atoms with Crippen molar-refractivity contribution in [3.63, 3.8) is 0 Å². The van der Waals surface area contributed by atoms with Gasteiger partial charge in [-0.15, -0.1) is 0 Å². The smallest absolute Gasteiger partial charge is 0.303 e. The van der Waals surface area contributed by atoms with Gasteiger partial charge in [-0.3, -0.25) is 4.79 Å². The summed E-state index contributed by atoms with van der Waals surface area (Å²) in [5, 5.41) is 8.65. The number of carboxylic acid groups (broad SMARTS) is 1. The number of hydrogen-bond donors (Lipinski definition) is 1. The van der Waals surface area contributed by atoms with Crippen molar-refractivity contribution in [3.05, 3.63) is 0 Å². The molecular formula is C12H21BO2. The monoisotopic (exact) mass is 208 g/mol. The minimum absolute atomic E-state index is 0.371. The van der Waals surface area contributed by atoms with E-state index in [0.29, 0.717) is 6.42 Å². The minimum Gasteiger partial charge on any atom is -0.481 e. The molecule has 84 valence electrons. The number of fused-ring (bicyclic) bond motifs is 2. The van der Waals surface area contributed by atoms with Crippen LogP contribution < -0.4 is 0 Å². The molecule has 0 amide bonds. The molecule has 0 aliphatic carbocycles. The molecule has 2 aliphatic heterocycles. The highest BCUT2D eigenvalue weighted by Crippen LogP contribution is 2.48. The number of aliphatic carboxylic acids is 1. The summed E-state index contributed by atoms with van der Waals surface area (Å²) < 4.78 is 0. The maximum Gasteiger partial charge on any atom is 0.303 e. The van der Waals surface area contributed by atoms with Crippen LogP contribution in [0, 0.1) is 0 Å². The van der Waals surface area contributed by atoms with Crippen molar-refractivity contribution in [3.8, 4) is 0 Å². The van der Waals surface area contributed by atoms with Gasteiger partial charge in [-0.25, -0.2) is 0 Å². The lowest BCUT2D eigenvalue weighted by Gasteiger charge is -2.40. The molecule has 0 saturated carbocycles. The summed E-state index contributed by atoms with van der Waals surface area (Å²) in [6.07, 6.45) is 10.9. The number of rotatable bonds is 4. The average molecular weight is 208 g/mol. The largest absolute Gasteiger partial charge is 0.481 e. The fraction of sp³-hybridized carbons (Fsp3) is 0.917. The lowest BCUT2D eigenvalue weighted by atomic mass is 9.26. The number of carbonyl (C=O) groups is 1. The first kappa shape index (κ1) is 11.0. The zero-order chi connectivity index (χ0) is 10.7. The first-order chi connectivity index (χ1) is 7.27. The SMILES string of the molecule is O=C(O)CCCB1C2CCCC1CCC2. The normalized spacial score (nSPS) is 30.3. The van der Waals surface area contributed by atoms with Gasteiger partial charge in [0.1, 0.15) is 6.71 Å². The van der Waals surface area contributed by atoms with Crippen LogP contribution in [0.3, 0.4) is 0 Å². The second kappa shape index (κ2) is 5.04. The van der Waals surface area contributed by atoms with Crippen molar-refractivity contribution in [1.82, 2.24) is 0 Å². The molecule has 0 aromatic carbocycles. The fourth-order valence-corrected chi connectivity index (χ4v) is 3.77. The van der Waals surface area contributed by atoms with E-state index in [0.717, 1.165) is 24.8 Å². The molecule has 2 bridgehead atoms. The Balaban J connectivity index is 1.81. The van der Waals surface area contributed by atoms with E-state index in [1.807, 2.05) is 0 Å². The lowest BCUT2D eigenvalue weighted by Crippen LogP contribution is -2.34. The second-order valence-corrected chi connectivity index (χ2v) is 5.33. The third-order valence-corrected chi connectivity index (χ3v) is 4.44. The van der Waals surface area contributed by atoms with Crippen LogP contribution in [0.4, 0.5) is 0 Å². The van der Waals surface area contributed by atoms with Gasteiger partial charge in [-0.2, -0.15) is 0 Å². The Morgan fingerprint density at radius 3 is 2.13 bits per heavy atom. The van der Waals surface area contributed by atoms with Crippen molar-refractivity contribution in [2.24, 2.45) is 0 Å². The Labute approximate surface area is 92.5 Å². The van der Waals surface area contributed by atoms with Crippen molar-refractivity contribution >= 4 is 12.7 Å². The van der Waals surface area contributed by atoms with Crippen LogP contribution in [0.2, 0.25) is 18.0 Å². The van der Waals surface area contributed by atoms with E-state index in [-0.39, 0.29) is 0 Å². The molecule has 2 heterocycles. The average Bonchev–Trinajstić information content (AvgIpc) is 2.16. The van der Waals surface area contributed by atoms with E-state index in [9.17, 15) is 4.79 Å². The van der Waals surface area contributed by atoms with Gasteiger partial charge in [0.15, 0.2) is 0 Å². The summed E-state index contributed by atoms with van der Waals surface area (Å²) in [7, 11) is 0. The van der Waals surface area contributed by atoms with Crippen LogP contribution >= 0.6 is 0 Å². The first-order valence-electron chi connectivity index (χ1n) is 6.49. The summed E-state index contributed by atoms with van der Waals surface area (Å²) in [4.78, 5) is 10.5. The predicted molar refractivity (Wildman–Crippen MR) is 62.6 cm³/mol. The van der Waals surface area contributed by atoms with Gasteiger partial charge in [-0.1, -0.05) is 56.5 Å². The van der Waals surface area contributed by atoms with Crippen molar-refractivity contribution in [2.45, 2.75) is 69.3 Å². The van der Waals surface area contributed by atoms with Crippen LogP contribution in [-0.4, -0.2) is 17.8 Å². The van der Waals surface area contributed by atoms with Gasteiger partial charge >= 0.3 is 5.97 Å². The van der Waals surface area contributed by atoms with Gasteiger partial charge in [0.05, 0.1) is 0 Å². The molecular weight excluding hydrogens is 187 g/mol. The van der Waals surface area contributed by atoms with Crippen LogP contribution in [0.5, 0.6) is 0 Å². The molecule has 15 heavy (non-hydrogen) atoms. The molecule has 3 heteroatoms. The Kier molecular flexibility index (Phi) is 3.71. The van der Waals surface area contributed by atoms with Crippen LogP contribution in [0.25, 0.3) is 0 Å². The van der Waals surface area contributed by atoms with Crippen LogP contribution in [-0.2, 0) is 4.79 Å². The van der Waals surface area contributed by atoms with E-state index in [2.05, 4.69) is 0 Å². The van der Waals surface area contributed by atoms with E-state index in [1.165, 1.54) is 44.8 Å². The zero-order valence-corrected chi connectivity index (χ0v) is 9.45. The van der Waals surface area contributed by atoms with Gasteiger partial charge in [0, 0.05) is 6.42 Å². The molecule has 2 saturated heterocycles. The molecule has 0 aromatic rings. The van der Waals surface area contributed by atoms with Gasteiger partial charge in [0.25, 0.3) is 0 Å². The molecule has 0 atom stereocenters. The minimum atomic E-state index is -0.629. The summed E-state index contributed by atoms with van der Waals surface area (Å²) in [6, 6.07) is 0. The van der Waals surface area contributed by atoms with Crippen molar-refractivity contribution in [1.29, 1.82) is 0 Å². The Morgan fingerprint density at radius 2 is 1.67 bits per heavy atom. The molecule has 1 N–H and O–H groups in total. The topological polar surface area (TPSA) is 37.3 Å². The highest BCUT2D eigenvalue weighted by atomic mass is 16.4. The summed E-state index contributed by atoms with van der Waals surface area (Å²) >= 11 is 0. The Morgan fingerprint density at radius 1 is 1.13 bits per heavy atom. The quantitative estimate of drug-likeness (QED) is 0.718. The molecule has 0 radical (unpaired) electrons. The molecule has 2 aliphatic rings. The fourth-order valence-electron chi connectivity index (χ4n) is 3.77. The molecule has 0 unspecified atom stereocenters. The summed E-state index contributed by atoms with van der Waals surface area (Å²) in [5.74, 6) is 1.24. The third kappa shape index (κ3) is 2.76. The van der Waals surface area contributed by atoms with Crippen molar-refractivity contribution in [2.75, 3.05) is 0 Å².